The number of carboxylic acids is 2. The maximum Gasteiger partial charge on any atom is 0.490 e. The maximum atomic E-state index is 13.4. The van der Waals surface area contributed by atoms with Gasteiger partial charge in [0.05, 0.1) is 6.61 Å². The molecule has 0 unspecified atom stereocenters. The van der Waals surface area contributed by atoms with Gasteiger partial charge < -0.3 is 19.8 Å². The lowest BCUT2D eigenvalue weighted by Gasteiger charge is -2.30. The minimum atomic E-state index is -5.08. The molecule has 4 rings (SSSR count). The second kappa shape index (κ2) is 13.1. The predicted molar refractivity (Wildman–Crippen MR) is 121 cm³/mol. The van der Waals surface area contributed by atoms with Crippen molar-refractivity contribution in [1.29, 1.82) is 0 Å². The second-order valence-corrected chi connectivity index (χ2v) is 9.85. The number of rotatable bonds is 6. The summed E-state index contributed by atoms with van der Waals surface area (Å²) in [5.41, 5.74) is 1.46. The standard InChI is InChI=1S/C20H29FN2O.2C2HF3O2/c1-24-13-18-12-23(10-16-5-6-16)15-20(18)7-8-22(14-20)11-17-3-2-4-19(21)9-17;2*3-2(4,5)1(6)7/h2-4,9,16,18H,5-8,10-15H2,1H3;2*(H,6,7)/t18-,20+;;/m1../s1. The van der Waals surface area contributed by atoms with Crippen molar-refractivity contribution < 1.29 is 55.3 Å². The molecule has 2 aliphatic heterocycles. The highest BCUT2D eigenvalue weighted by molar-refractivity contribution is 5.73. The second-order valence-electron chi connectivity index (χ2n) is 9.85. The van der Waals surface area contributed by atoms with Crippen LogP contribution in [0.3, 0.4) is 0 Å². The number of benzene rings is 1. The first-order valence-electron chi connectivity index (χ1n) is 11.8. The van der Waals surface area contributed by atoms with E-state index in [0.29, 0.717) is 11.3 Å². The van der Waals surface area contributed by atoms with E-state index in [1.807, 2.05) is 19.2 Å². The third-order valence-corrected chi connectivity index (χ3v) is 6.71. The Bertz CT molecular complexity index is 915. The Balaban J connectivity index is 0.000000301. The zero-order valence-corrected chi connectivity index (χ0v) is 20.7. The van der Waals surface area contributed by atoms with E-state index in [0.717, 1.165) is 37.7 Å². The van der Waals surface area contributed by atoms with Crippen LogP contribution in [-0.4, -0.2) is 90.7 Å². The van der Waals surface area contributed by atoms with Crippen molar-refractivity contribution in [2.24, 2.45) is 17.3 Å². The van der Waals surface area contributed by atoms with Crippen molar-refractivity contribution in [3.05, 3.63) is 35.6 Å². The topological polar surface area (TPSA) is 90.3 Å². The lowest BCUT2D eigenvalue weighted by atomic mass is 9.77. The number of nitrogens with zero attached hydrogens (tertiary/aromatic N) is 2. The molecule has 0 bridgehead atoms. The highest BCUT2D eigenvalue weighted by atomic mass is 19.4. The van der Waals surface area contributed by atoms with Gasteiger partial charge in [-0.3, -0.25) is 4.90 Å². The van der Waals surface area contributed by atoms with Crippen LogP contribution in [-0.2, 0) is 20.9 Å². The van der Waals surface area contributed by atoms with Gasteiger partial charge in [-0.15, -0.1) is 0 Å². The smallest absolute Gasteiger partial charge is 0.475 e. The van der Waals surface area contributed by atoms with Crippen LogP contribution >= 0.6 is 0 Å². The van der Waals surface area contributed by atoms with Gasteiger partial charge in [-0.2, -0.15) is 26.3 Å². The Kier molecular flexibility index (Phi) is 10.9. The van der Waals surface area contributed by atoms with Crippen molar-refractivity contribution in [3.8, 4) is 0 Å². The first kappa shape index (κ1) is 31.8. The number of halogens is 7. The third kappa shape index (κ3) is 10.0. The Labute approximate surface area is 215 Å². The summed E-state index contributed by atoms with van der Waals surface area (Å²) in [6, 6.07) is 7.05. The fourth-order valence-electron chi connectivity index (χ4n) is 4.85. The number of methoxy groups -OCH3 is 1. The molecule has 2 N–H and O–H groups in total. The van der Waals surface area contributed by atoms with E-state index in [1.54, 1.807) is 6.07 Å². The lowest BCUT2D eigenvalue weighted by Crippen LogP contribution is -2.36. The molecule has 3 aliphatic rings. The van der Waals surface area contributed by atoms with Gasteiger partial charge >= 0.3 is 24.3 Å². The molecule has 216 valence electrons. The van der Waals surface area contributed by atoms with Gasteiger partial charge in [0.2, 0.25) is 0 Å². The fraction of sp³-hybridized carbons (Fsp3) is 0.667. The Morgan fingerprint density at radius 1 is 1.03 bits per heavy atom. The van der Waals surface area contributed by atoms with Crippen LogP contribution in [0.15, 0.2) is 24.3 Å². The Hall–Kier alpha value is -2.45. The number of hydrogen-bond acceptors (Lipinski definition) is 5. The minimum absolute atomic E-state index is 0.129. The summed E-state index contributed by atoms with van der Waals surface area (Å²) >= 11 is 0. The number of aliphatic carboxylic acids is 2. The van der Waals surface area contributed by atoms with Crippen LogP contribution in [0.2, 0.25) is 0 Å². The molecule has 2 heterocycles. The van der Waals surface area contributed by atoms with E-state index >= 15 is 0 Å². The molecule has 0 aromatic heterocycles. The third-order valence-electron chi connectivity index (χ3n) is 6.71. The number of likely N-dealkylation sites (tertiary alicyclic amines) is 2. The summed E-state index contributed by atoms with van der Waals surface area (Å²) in [7, 11) is 1.83. The van der Waals surface area contributed by atoms with E-state index in [9.17, 15) is 30.7 Å². The molecule has 7 nitrogen and oxygen atoms in total. The van der Waals surface area contributed by atoms with Crippen molar-refractivity contribution in [1.82, 2.24) is 9.80 Å². The summed E-state index contributed by atoms with van der Waals surface area (Å²) in [4.78, 5) is 23.0. The van der Waals surface area contributed by atoms with Gasteiger partial charge in [-0.05, 0) is 49.4 Å². The molecular formula is C24H31F7N2O5. The summed E-state index contributed by atoms with van der Waals surface area (Å²) in [5.74, 6) is -4.05. The molecule has 0 radical (unpaired) electrons. The monoisotopic (exact) mass is 560 g/mol. The van der Waals surface area contributed by atoms with Gasteiger partial charge in [-0.25, -0.2) is 14.0 Å². The average molecular weight is 561 g/mol. The first-order chi connectivity index (χ1) is 17.6. The van der Waals surface area contributed by atoms with Crippen molar-refractivity contribution in [2.45, 2.75) is 38.2 Å². The highest BCUT2D eigenvalue weighted by Gasteiger charge is 2.50. The summed E-state index contributed by atoms with van der Waals surface area (Å²) < 4.78 is 82.5. The minimum Gasteiger partial charge on any atom is -0.475 e. The number of carboxylic acid groups (broad SMARTS) is 2. The van der Waals surface area contributed by atoms with E-state index in [4.69, 9.17) is 24.5 Å². The van der Waals surface area contributed by atoms with Crippen LogP contribution in [0.5, 0.6) is 0 Å². The Morgan fingerprint density at radius 3 is 2.05 bits per heavy atom. The van der Waals surface area contributed by atoms with Crippen LogP contribution in [0, 0.1) is 23.1 Å². The molecule has 2 saturated heterocycles. The fourth-order valence-corrected chi connectivity index (χ4v) is 4.85. The van der Waals surface area contributed by atoms with Crippen LogP contribution in [0.25, 0.3) is 0 Å². The predicted octanol–water partition coefficient (Wildman–Crippen LogP) is 4.27. The first-order valence-corrected chi connectivity index (χ1v) is 11.8. The molecule has 2 atom stereocenters. The molecule has 14 heteroatoms. The van der Waals surface area contributed by atoms with Gasteiger partial charge in [0.15, 0.2) is 0 Å². The number of ether oxygens (including phenoxy) is 1. The highest BCUT2D eigenvalue weighted by Crippen LogP contribution is 2.45. The van der Waals surface area contributed by atoms with Crippen molar-refractivity contribution in [3.63, 3.8) is 0 Å². The quantitative estimate of drug-likeness (QED) is 0.503. The zero-order valence-electron chi connectivity index (χ0n) is 20.7. The molecular weight excluding hydrogens is 529 g/mol. The molecule has 1 aromatic carbocycles. The average Bonchev–Trinajstić information content (AvgIpc) is 3.42. The van der Waals surface area contributed by atoms with E-state index in [2.05, 4.69) is 9.80 Å². The molecule has 1 aliphatic carbocycles. The molecule has 1 aromatic rings. The van der Waals surface area contributed by atoms with E-state index in [1.165, 1.54) is 45.0 Å². The van der Waals surface area contributed by atoms with Gasteiger partial charge in [0, 0.05) is 51.2 Å². The summed E-state index contributed by atoms with van der Waals surface area (Å²) in [5, 5.41) is 14.2. The number of carbonyl (C=O) groups is 2. The van der Waals surface area contributed by atoms with Crippen molar-refractivity contribution >= 4 is 11.9 Å². The van der Waals surface area contributed by atoms with Crippen LogP contribution in [0.1, 0.15) is 24.8 Å². The maximum absolute atomic E-state index is 13.4. The van der Waals surface area contributed by atoms with Crippen LogP contribution < -0.4 is 0 Å². The molecule has 3 fully saturated rings. The molecule has 0 amide bonds. The summed E-state index contributed by atoms with van der Waals surface area (Å²) in [6.45, 7) is 7.67. The van der Waals surface area contributed by atoms with Gasteiger partial charge in [-0.1, -0.05) is 12.1 Å². The number of hydrogen-bond donors (Lipinski definition) is 2. The largest absolute Gasteiger partial charge is 0.490 e. The molecule has 1 spiro atoms. The van der Waals surface area contributed by atoms with Gasteiger partial charge in [0.1, 0.15) is 5.82 Å². The number of alkyl halides is 6. The van der Waals surface area contributed by atoms with Gasteiger partial charge in [0.25, 0.3) is 0 Å². The SMILES string of the molecule is COC[C@H]1CN(CC2CC2)C[C@@]12CCN(Cc1cccc(F)c1)C2.O=C(O)C(F)(F)F.O=C(O)C(F)(F)F. The van der Waals surface area contributed by atoms with E-state index in [-0.39, 0.29) is 5.82 Å². The molecule has 1 saturated carbocycles. The normalized spacial score (nSPS) is 23.9. The van der Waals surface area contributed by atoms with Crippen LogP contribution in [0.4, 0.5) is 30.7 Å². The molecule has 38 heavy (non-hydrogen) atoms. The summed E-state index contributed by atoms with van der Waals surface area (Å²) in [6.07, 6.45) is -6.08. The lowest BCUT2D eigenvalue weighted by molar-refractivity contribution is -0.193. The van der Waals surface area contributed by atoms with Crippen molar-refractivity contribution in [2.75, 3.05) is 46.4 Å². The Morgan fingerprint density at radius 2 is 1.58 bits per heavy atom. The van der Waals surface area contributed by atoms with E-state index < -0.39 is 24.3 Å². The zero-order chi connectivity index (χ0) is 28.7.